The van der Waals surface area contributed by atoms with Gasteiger partial charge in [-0.2, -0.15) is 5.26 Å². The predicted octanol–water partition coefficient (Wildman–Crippen LogP) is 2.11. The second-order valence-corrected chi connectivity index (χ2v) is 5.42. The second kappa shape index (κ2) is 5.76. The van der Waals surface area contributed by atoms with Crippen molar-refractivity contribution in [2.45, 2.75) is 12.5 Å². The van der Waals surface area contributed by atoms with Crippen LogP contribution in [0.15, 0.2) is 24.4 Å². The molecule has 0 unspecified atom stereocenters. The molecule has 1 aliphatic rings. The van der Waals surface area contributed by atoms with E-state index >= 15 is 0 Å². The molecule has 1 aromatic heterocycles. The molecule has 0 saturated carbocycles. The monoisotopic (exact) mass is 303 g/mol. The fraction of sp³-hybridized carbons (Fsp3) is 0.333. The van der Waals surface area contributed by atoms with Crippen LogP contribution in [0.1, 0.15) is 5.56 Å². The average Bonchev–Trinajstić information content (AvgIpc) is 2.89. The number of aromatic amines is 1. The highest BCUT2D eigenvalue weighted by atomic mass is 35.5. The van der Waals surface area contributed by atoms with Gasteiger partial charge in [0.05, 0.1) is 25.7 Å². The van der Waals surface area contributed by atoms with Crippen molar-refractivity contribution in [3.8, 4) is 6.07 Å². The van der Waals surface area contributed by atoms with E-state index in [2.05, 4.69) is 11.1 Å². The topological polar surface area (TPSA) is 69.1 Å². The molecule has 1 amide bonds. The number of carbonyl (C=O) groups is 1. The van der Waals surface area contributed by atoms with Crippen LogP contribution in [0.25, 0.3) is 10.9 Å². The van der Waals surface area contributed by atoms with Crippen molar-refractivity contribution in [2.24, 2.45) is 0 Å². The first-order valence-electron chi connectivity index (χ1n) is 6.71. The number of halogens is 1. The fourth-order valence-corrected chi connectivity index (χ4v) is 2.74. The van der Waals surface area contributed by atoms with Crippen LogP contribution in [0.4, 0.5) is 0 Å². The van der Waals surface area contributed by atoms with E-state index < -0.39 is 6.04 Å². The maximum Gasteiger partial charge on any atom is 0.228 e. The number of aromatic nitrogens is 1. The van der Waals surface area contributed by atoms with E-state index in [-0.39, 0.29) is 18.9 Å². The van der Waals surface area contributed by atoms with Gasteiger partial charge in [-0.05, 0) is 23.8 Å². The molecule has 0 radical (unpaired) electrons. The standard InChI is InChI=1S/C15H14ClN3O2/c16-11-1-2-14-13(6-11)10(8-18-14)5-15(20)19-3-4-21-9-12(19)7-17/h1-2,6,8,12,18H,3-5,9H2/t12-/m1/s1. The minimum absolute atomic E-state index is 0.0641. The molecular weight excluding hydrogens is 290 g/mol. The molecule has 1 fully saturated rings. The van der Waals surface area contributed by atoms with Crippen molar-refractivity contribution in [3.05, 3.63) is 35.0 Å². The van der Waals surface area contributed by atoms with Gasteiger partial charge in [0.15, 0.2) is 0 Å². The van der Waals surface area contributed by atoms with Crippen molar-refractivity contribution in [2.75, 3.05) is 19.8 Å². The van der Waals surface area contributed by atoms with Gasteiger partial charge in [-0.25, -0.2) is 0 Å². The van der Waals surface area contributed by atoms with E-state index in [0.717, 1.165) is 16.5 Å². The van der Waals surface area contributed by atoms with Gasteiger partial charge in [-0.3, -0.25) is 4.79 Å². The van der Waals surface area contributed by atoms with Gasteiger partial charge in [-0.1, -0.05) is 11.6 Å². The number of hydrogen-bond acceptors (Lipinski definition) is 3. The highest BCUT2D eigenvalue weighted by molar-refractivity contribution is 6.31. The molecule has 3 rings (SSSR count). The molecule has 6 heteroatoms. The first kappa shape index (κ1) is 13.9. The van der Waals surface area contributed by atoms with E-state index in [1.807, 2.05) is 18.3 Å². The molecule has 1 atom stereocenters. The molecule has 21 heavy (non-hydrogen) atoms. The Balaban J connectivity index is 1.83. The quantitative estimate of drug-likeness (QED) is 0.924. The third-order valence-corrected chi connectivity index (χ3v) is 3.90. The summed E-state index contributed by atoms with van der Waals surface area (Å²) in [6.45, 7) is 1.21. The number of fused-ring (bicyclic) bond motifs is 1. The van der Waals surface area contributed by atoms with Gasteiger partial charge in [0, 0.05) is 28.7 Å². The van der Waals surface area contributed by atoms with Crippen molar-refractivity contribution in [1.29, 1.82) is 5.26 Å². The molecule has 2 aromatic rings. The highest BCUT2D eigenvalue weighted by Gasteiger charge is 2.27. The first-order chi connectivity index (χ1) is 10.2. The maximum absolute atomic E-state index is 12.4. The van der Waals surface area contributed by atoms with Crippen LogP contribution in [-0.2, 0) is 16.0 Å². The van der Waals surface area contributed by atoms with Gasteiger partial charge >= 0.3 is 0 Å². The average molecular weight is 304 g/mol. The van der Waals surface area contributed by atoms with E-state index in [4.69, 9.17) is 21.6 Å². The van der Waals surface area contributed by atoms with Gasteiger partial charge in [-0.15, -0.1) is 0 Å². The molecular formula is C15H14ClN3O2. The molecule has 0 aliphatic carbocycles. The summed E-state index contributed by atoms with van der Waals surface area (Å²) in [6, 6.07) is 7.15. The largest absolute Gasteiger partial charge is 0.376 e. The zero-order chi connectivity index (χ0) is 14.8. The van der Waals surface area contributed by atoms with Crippen LogP contribution in [-0.4, -0.2) is 41.6 Å². The number of H-pyrrole nitrogens is 1. The summed E-state index contributed by atoms with van der Waals surface area (Å²) in [5, 5.41) is 10.7. The fourth-order valence-electron chi connectivity index (χ4n) is 2.57. The number of nitrogens with zero attached hydrogens (tertiary/aromatic N) is 2. The summed E-state index contributed by atoms with van der Waals surface area (Å²) >= 11 is 6.01. The van der Waals surface area contributed by atoms with Crippen molar-refractivity contribution in [3.63, 3.8) is 0 Å². The van der Waals surface area contributed by atoms with Crippen LogP contribution < -0.4 is 0 Å². The zero-order valence-corrected chi connectivity index (χ0v) is 12.1. The lowest BCUT2D eigenvalue weighted by Crippen LogP contribution is -2.48. The van der Waals surface area contributed by atoms with Crippen molar-refractivity contribution in [1.82, 2.24) is 9.88 Å². The Kier molecular flexibility index (Phi) is 3.82. The van der Waals surface area contributed by atoms with E-state index in [9.17, 15) is 4.79 Å². The summed E-state index contributed by atoms with van der Waals surface area (Å²) < 4.78 is 5.23. The second-order valence-electron chi connectivity index (χ2n) is 4.99. The number of hydrogen-bond donors (Lipinski definition) is 1. The smallest absolute Gasteiger partial charge is 0.228 e. The van der Waals surface area contributed by atoms with Crippen molar-refractivity contribution < 1.29 is 9.53 Å². The Bertz CT molecular complexity index is 719. The normalized spacial score (nSPS) is 18.7. The Morgan fingerprint density at radius 2 is 2.43 bits per heavy atom. The molecule has 1 saturated heterocycles. The number of nitrogens with one attached hydrogen (secondary N) is 1. The lowest BCUT2D eigenvalue weighted by atomic mass is 10.1. The van der Waals surface area contributed by atoms with Crippen LogP contribution in [0.3, 0.4) is 0 Å². The molecule has 108 valence electrons. The number of morpholine rings is 1. The van der Waals surface area contributed by atoms with Crippen LogP contribution in [0.5, 0.6) is 0 Å². The predicted molar refractivity (Wildman–Crippen MR) is 78.9 cm³/mol. The van der Waals surface area contributed by atoms with Crippen LogP contribution >= 0.6 is 11.6 Å². The third kappa shape index (κ3) is 2.73. The Morgan fingerprint density at radius 1 is 1.57 bits per heavy atom. The minimum atomic E-state index is -0.500. The summed E-state index contributed by atoms with van der Waals surface area (Å²) in [4.78, 5) is 17.2. The van der Waals surface area contributed by atoms with Crippen molar-refractivity contribution >= 4 is 28.4 Å². The van der Waals surface area contributed by atoms with Crippen LogP contribution in [0, 0.1) is 11.3 Å². The zero-order valence-electron chi connectivity index (χ0n) is 11.3. The number of rotatable bonds is 2. The van der Waals surface area contributed by atoms with Gasteiger partial charge < -0.3 is 14.6 Å². The van der Waals surface area contributed by atoms with Crippen LogP contribution in [0.2, 0.25) is 5.02 Å². The summed E-state index contributed by atoms with van der Waals surface area (Å²) in [6.07, 6.45) is 2.07. The Morgan fingerprint density at radius 3 is 3.24 bits per heavy atom. The van der Waals surface area contributed by atoms with E-state index in [0.29, 0.717) is 18.2 Å². The lowest BCUT2D eigenvalue weighted by molar-refractivity contribution is -0.136. The Hall–Kier alpha value is -2.03. The van der Waals surface area contributed by atoms with Gasteiger partial charge in [0.2, 0.25) is 5.91 Å². The first-order valence-corrected chi connectivity index (χ1v) is 7.09. The van der Waals surface area contributed by atoms with Gasteiger partial charge in [0.1, 0.15) is 6.04 Å². The number of benzene rings is 1. The highest BCUT2D eigenvalue weighted by Crippen LogP contribution is 2.23. The Labute approximate surface area is 127 Å². The van der Waals surface area contributed by atoms with E-state index in [1.54, 1.807) is 11.0 Å². The number of nitriles is 1. The number of carbonyl (C=O) groups excluding carboxylic acids is 1. The molecule has 1 aliphatic heterocycles. The summed E-state index contributed by atoms with van der Waals surface area (Å²) in [5.74, 6) is -0.0641. The maximum atomic E-state index is 12.4. The molecule has 0 spiro atoms. The number of amides is 1. The lowest BCUT2D eigenvalue weighted by Gasteiger charge is -2.31. The molecule has 1 N–H and O–H groups in total. The minimum Gasteiger partial charge on any atom is -0.376 e. The van der Waals surface area contributed by atoms with E-state index in [1.165, 1.54) is 0 Å². The number of ether oxygens (including phenoxy) is 1. The summed E-state index contributed by atoms with van der Waals surface area (Å²) in [7, 11) is 0. The third-order valence-electron chi connectivity index (χ3n) is 3.67. The molecule has 2 heterocycles. The SMILES string of the molecule is N#C[C@@H]1COCCN1C(=O)Cc1c[nH]c2ccc(Cl)cc12. The molecule has 5 nitrogen and oxygen atoms in total. The molecule has 0 bridgehead atoms. The molecule has 1 aromatic carbocycles. The van der Waals surface area contributed by atoms with Gasteiger partial charge in [0.25, 0.3) is 0 Å². The summed E-state index contributed by atoms with van der Waals surface area (Å²) in [5.41, 5.74) is 1.83.